The van der Waals surface area contributed by atoms with Crippen LogP contribution in [0, 0.1) is 5.82 Å². The predicted molar refractivity (Wildman–Crippen MR) is 105 cm³/mol. The van der Waals surface area contributed by atoms with Crippen molar-refractivity contribution in [2.24, 2.45) is 0 Å². The van der Waals surface area contributed by atoms with Gasteiger partial charge in [0, 0.05) is 29.2 Å². The molecule has 2 aromatic carbocycles. The molecule has 0 saturated heterocycles. The van der Waals surface area contributed by atoms with Crippen molar-refractivity contribution in [2.45, 2.75) is 20.0 Å². The Morgan fingerprint density at radius 1 is 1.21 bits per heavy atom. The number of aromatic hydroxyl groups is 1. The highest BCUT2D eigenvalue weighted by molar-refractivity contribution is 5.87. The summed E-state index contributed by atoms with van der Waals surface area (Å²) in [5, 5.41) is 10.5. The molecule has 0 spiro atoms. The molecule has 0 radical (unpaired) electrons. The van der Waals surface area contributed by atoms with Gasteiger partial charge in [0.05, 0.1) is 7.11 Å². The molecule has 1 N–H and O–H groups in total. The van der Waals surface area contributed by atoms with Crippen molar-refractivity contribution in [3.05, 3.63) is 75.4 Å². The van der Waals surface area contributed by atoms with Gasteiger partial charge in [-0.05, 0) is 41.8 Å². The zero-order chi connectivity index (χ0) is 21.0. The Morgan fingerprint density at radius 3 is 2.69 bits per heavy atom. The maximum absolute atomic E-state index is 13.7. The SMILES string of the molecule is CCc1cc2c(COC(=O)/C=C/c3ccc(OC)c(F)c3)cc(=O)oc2cc1O. The van der Waals surface area contributed by atoms with Gasteiger partial charge in [0.1, 0.15) is 17.9 Å². The molecule has 0 aliphatic heterocycles. The lowest BCUT2D eigenvalue weighted by Gasteiger charge is -2.08. The lowest BCUT2D eigenvalue weighted by molar-refractivity contribution is -0.138. The summed E-state index contributed by atoms with van der Waals surface area (Å²) in [6, 6.07) is 8.61. The average molecular weight is 398 g/mol. The first-order chi connectivity index (χ1) is 13.9. The molecule has 0 bridgehead atoms. The quantitative estimate of drug-likeness (QED) is 0.384. The van der Waals surface area contributed by atoms with Crippen LogP contribution in [0.3, 0.4) is 0 Å². The first kappa shape index (κ1) is 20.1. The van der Waals surface area contributed by atoms with Crippen molar-refractivity contribution in [1.82, 2.24) is 0 Å². The van der Waals surface area contributed by atoms with E-state index in [4.69, 9.17) is 13.9 Å². The minimum absolute atomic E-state index is 0.0342. The normalized spacial score (nSPS) is 11.1. The fraction of sp³-hybridized carbons (Fsp3) is 0.182. The number of phenols is 1. The van der Waals surface area contributed by atoms with Gasteiger partial charge < -0.3 is 19.0 Å². The van der Waals surface area contributed by atoms with Crippen LogP contribution in [-0.4, -0.2) is 18.2 Å². The van der Waals surface area contributed by atoms with Gasteiger partial charge >= 0.3 is 11.6 Å². The molecule has 0 unspecified atom stereocenters. The maximum atomic E-state index is 13.7. The molecule has 0 aliphatic carbocycles. The molecule has 0 atom stereocenters. The third-order valence-corrected chi connectivity index (χ3v) is 4.37. The fourth-order valence-electron chi connectivity index (χ4n) is 2.86. The summed E-state index contributed by atoms with van der Waals surface area (Å²) < 4.78 is 28.8. The van der Waals surface area contributed by atoms with Gasteiger partial charge in [-0.2, -0.15) is 0 Å². The molecular weight excluding hydrogens is 379 g/mol. The standard InChI is InChI=1S/C22H19FO6/c1-3-14-9-16-15(10-22(26)29-20(16)11-18(14)24)12-28-21(25)7-5-13-4-6-19(27-2)17(23)8-13/h4-11,24H,3,12H2,1-2H3/b7-5+. The number of hydrogen-bond donors (Lipinski definition) is 1. The summed E-state index contributed by atoms with van der Waals surface area (Å²) in [5.41, 5.74) is 1.21. The zero-order valence-electron chi connectivity index (χ0n) is 15.9. The van der Waals surface area contributed by atoms with Crippen molar-refractivity contribution < 1.29 is 28.2 Å². The van der Waals surface area contributed by atoms with E-state index in [0.717, 1.165) is 6.08 Å². The molecule has 3 rings (SSSR count). The van der Waals surface area contributed by atoms with E-state index in [1.54, 1.807) is 12.1 Å². The lowest BCUT2D eigenvalue weighted by atomic mass is 10.0. The Morgan fingerprint density at radius 2 is 2.00 bits per heavy atom. The van der Waals surface area contributed by atoms with Crippen LogP contribution in [0.15, 0.2) is 51.7 Å². The van der Waals surface area contributed by atoms with Crippen LogP contribution < -0.4 is 10.4 Å². The van der Waals surface area contributed by atoms with Gasteiger partial charge in [0.2, 0.25) is 0 Å². The molecule has 6 nitrogen and oxygen atoms in total. The molecular formula is C22H19FO6. The van der Waals surface area contributed by atoms with E-state index in [-0.39, 0.29) is 23.7 Å². The second-order valence-corrected chi connectivity index (χ2v) is 6.26. The second kappa shape index (κ2) is 8.60. The van der Waals surface area contributed by atoms with Gasteiger partial charge in [0.15, 0.2) is 11.6 Å². The van der Waals surface area contributed by atoms with E-state index in [2.05, 4.69) is 0 Å². The maximum Gasteiger partial charge on any atom is 0.336 e. The predicted octanol–water partition coefficient (Wildman–Crippen LogP) is 3.97. The number of aryl methyl sites for hydroxylation is 1. The van der Waals surface area contributed by atoms with Gasteiger partial charge in [-0.25, -0.2) is 14.0 Å². The van der Waals surface area contributed by atoms with Crippen LogP contribution in [0.5, 0.6) is 11.5 Å². The molecule has 29 heavy (non-hydrogen) atoms. The molecule has 150 valence electrons. The highest BCUT2D eigenvalue weighted by Gasteiger charge is 2.11. The van der Waals surface area contributed by atoms with E-state index >= 15 is 0 Å². The first-order valence-corrected chi connectivity index (χ1v) is 8.88. The summed E-state index contributed by atoms with van der Waals surface area (Å²) in [6.07, 6.45) is 3.16. The largest absolute Gasteiger partial charge is 0.508 e. The van der Waals surface area contributed by atoms with Gasteiger partial charge in [-0.1, -0.05) is 13.0 Å². The zero-order valence-corrected chi connectivity index (χ0v) is 15.9. The molecule has 1 heterocycles. The Labute approximate surface area is 165 Å². The van der Waals surface area contributed by atoms with Crippen molar-refractivity contribution in [3.8, 4) is 11.5 Å². The van der Waals surface area contributed by atoms with E-state index in [1.165, 1.54) is 37.5 Å². The molecule has 0 aliphatic rings. The van der Waals surface area contributed by atoms with Crippen LogP contribution in [0.2, 0.25) is 0 Å². The number of hydrogen-bond acceptors (Lipinski definition) is 6. The number of esters is 1. The average Bonchev–Trinajstić information content (AvgIpc) is 2.70. The number of carbonyl (C=O) groups is 1. The molecule has 0 saturated carbocycles. The first-order valence-electron chi connectivity index (χ1n) is 8.88. The summed E-state index contributed by atoms with van der Waals surface area (Å²) in [7, 11) is 1.37. The molecule has 0 amide bonds. The third kappa shape index (κ3) is 4.63. The summed E-state index contributed by atoms with van der Waals surface area (Å²) in [5.74, 6) is -1.05. The number of fused-ring (bicyclic) bond motifs is 1. The Balaban J connectivity index is 1.77. The number of benzene rings is 2. The Bertz CT molecular complexity index is 1150. The molecule has 3 aromatic rings. The minimum atomic E-state index is -0.655. The van der Waals surface area contributed by atoms with Crippen molar-refractivity contribution >= 4 is 23.0 Å². The number of phenolic OH excluding ortho intramolecular Hbond substituents is 1. The van der Waals surface area contributed by atoms with Crippen LogP contribution >= 0.6 is 0 Å². The summed E-state index contributed by atoms with van der Waals surface area (Å²) >= 11 is 0. The van der Waals surface area contributed by atoms with E-state index in [9.17, 15) is 19.1 Å². The monoisotopic (exact) mass is 398 g/mol. The second-order valence-electron chi connectivity index (χ2n) is 6.26. The van der Waals surface area contributed by atoms with E-state index in [0.29, 0.717) is 28.5 Å². The number of carbonyl (C=O) groups excluding carboxylic acids is 1. The Hall–Kier alpha value is -3.61. The number of rotatable bonds is 6. The number of ether oxygens (including phenoxy) is 2. The van der Waals surface area contributed by atoms with Crippen LogP contribution in [0.4, 0.5) is 4.39 Å². The smallest absolute Gasteiger partial charge is 0.336 e. The van der Waals surface area contributed by atoms with Gasteiger partial charge in [-0.3, -0.25) is 0 Å². The van der Waals surface area contributed by atoms with Crippen molar-refractivity contribution in [2.75, 3.05) is 7.11 Å². The Kier molecular flexibility index (Phi) is 5.97. The number of methoxy groups -OCH3 is 1. The summed E-state index contributed by atoms with van der Waals surface area (Å²) in [4.78, 5) is 23.8. The highest BCUT2D eigenvalue weighted by Crippen LogP contribution is 2.27. The van der Waals surface area contributed by atoms with Crippen LogP contribution in [0.1, 0.15) is 23.6 Å². The molecule has 7 heteroatoms. The van der Waals surface area contributed by atoms with Gasteiger partial charge in [-0.15, -0.1) is 0 Å². The minimum Gasteiger partial charge on any atom is -0.508 e. The van der Waals surface area contributed by atoms with Crippen molar-refractivity contribution in [3.63, 3.8) is 0 Å². The van der Waals surface area contributed by atoms with Crippen molar-refractivity contribution in [1.29, 1.82) is 0 Å². The number of halogens is 1. The molecule has 1 aromatic heterocycles. The van der Waals surface area contributed by atoms with E-state index in [1.807, 2.05) is 6.92 Å². The topological polar surface area (TPSA) is 86.0 Å². The van der Waals surface area contributed by atoms with Crippen LogP contribution in [-0.2, 0) is 22.6 Å². The highest BCUT2D eigenvalue weighted by atomic mass is 19.1. The summed E-state index contributed by atoms with van der Waals surface area (Å²) in [6.45, 7) is 1.72. The fourth-order valence-corrected chi connectivity index (χ4v) is 2.86. The van der Waals surface area contributed by atoms with Gasteiger partial charge in [0.25, 0.3) is 0 Å². The lowest BCUT2D eigenvalue weighted by Crippen LogP contribution is -2.06. The molecule has 0 fully saturated rings. The third-order valence-electron chi connectivity index (χ3n) is 4.37. The van der Waals surface area contributed by atoms with Crippen LogP contribution in [0.25, 0.3) is 17.0 Å². The van der Waals surface area contributed by atoms with E-state index < -0.39 is 17.4 Å².